The minimum atomic E-state index is -0.783. The number of rotatable bonds is 10. The van der Waals surface area contributed by atoms with E-state index in [-0.39, 0.29) is 29.7 Å². The zero-order valence-corrected chi connectivity index (χ0v) is 18.0. The normalized spacial score (nSPS) is 14.3. The summed E-state index contributed by atoms with van der Waals surface area (Å²) in [7, 11) is 0. The summed E-state index contributed by atoms with van der Waals surface area (Å²) < 4.78 is 11.0. The van der Waals surface area contributed by atoms with E-state index in [1.807, 2.05) is 20.8 Å². The molecule has 0 amide bonds. The van der Waals surface area contributed by atoms with Gasteiger partial charge in [-0.25, -0.2) is 0 Å². The molecule has 6 heteroatoms. The van der Waals surface area contributed by atoms with Gasteiger partial charge in [-0.3, -0.25) is 9.59 Å². The van der Waals surface area contributed by atoms with Crippen LogP contribution in [0.15, 0.2) is 11.4 Å². The number of esters is 1. The van der Waals surface area contributed by atoms with Crippen LogP contribution >= 0.6 is 0 Å². The van der Waals surface area contributed by atoms with E-state index in [9.17, 15) is 14.7 Å². The van der Waals surface area contributed by atoms with Gasteiger partial charge in [0.15, 0.2) is 5.78 Å². The van der Waals surface area contributed by atoms with E-state index in [2.05, 4.69) is 13.8 Å². The Balaban J connectivity index is 5.41. The minimum absolute atomic E-state index is 0.0349. The lowest BCUT2D eigenvalue weighted by Crippen LogP contribution is -2.31. The molecule has 5 nitrogen and oxygen atoms in total. The molecule has 0 aromatic heterocycles. The van der Waals surface area contributed by atoms with Crippen molar-refractivity contribution in [1.82, 2.24) is 0 Å². The minimum Gasteiger partial charge on any atom is -0.481 e. The van der Waals surface area contributed by atoms with Gasteiger partial charge in [0.2, 0.25) is 0 Å². The van der Waals surface area contributed by atoms with Crippen LogP contribution in [0.25, 0.3) is 0 Å². The van der Waals surface area contributed by atoms with Gasteiger partial charge in [-0.2, -0.15) is 0 Å². The highest BCUT2D eigenvalue weighted by molar-refractivity contribution is 6.65. The molecule has 0 radical (unpaired) electrons. The Morgan fingerprint density at radius 2 is 1.54 bits per heavy atom. The van der Waals surface area contributed by atoms with Crippen molar-refractivity contribution in [3.63, 3.8) is 0 Å². The number of ether oxygens (including phenoxy) is 1. The average molecular weight is 368 g/mol. The molecular formula is C20H37BO5. The van der Waals surface area contributed by atoms with Crippen LogP contribution in [0.5, 0.6) is 0 Å². The van der Waals surface area contributed by atoms with E-state index >= 15 is 0 Å². The Bertz CT molecular complexity index is 503. The maximum Gasteiger partial charge on any atom is 0.335 e. The fourth-order valence-electron chi connectivity index (χ4n) is 2.35. The molecule has 0 fully saturated rings. The molecule has 0 aromatic carbocycles. The van der Waals surface area contributed by atoms with E-state index in [0.717, 1.165) is 12.8 Å². The van der Waals surface area contributed by atoms with Gasteiger partial charge in [0.05, 0.1) is 10.9 Å². The maximum atomic E-state index is 12.6. The molecular weight excluding hydrogens is 331 g/mol. The topological polar surface area (TPSA) is 72.8 Å². The number of aliphatic hydroxyl groups is 1. The number of aliphatic hydroxyl groups excluding tert-OH is 1. The first-order valence-electron chi connectivity index (χ1n) is 9.59. The third kappa shape index (κ3) is 9.42. The molecule has 0 saturated carbocycles. The number of ketones is 1. The van der Waals surface area contributed by atoms with Gasteiger partial charge in [0.1, 0.15) is 0 Å². The lowest BCUT2D eigenvalue weighted by molar-refractivity contribution is -0.152. The van der Waals surface area contributed by atoms with Gasteiger partial charge in [0.25, 0.3) is 5.95 Å². The van der Waals surface area contributed by atoms with Crippen molar-refractivity contribution in [3.8, 4) is 0 Å². The van der Waals surface area contributed by atoms with Crippen LogP contribution in [0.1, 0.15) is 74.7 Å². The first-order valence-corrected chi connectivity index (χ1v) is 9.59. The summed E-state index contributed by atoms with van der Waals surface area (Å²) >= 11 is 0. The van der Waals surface area contributed by atoms with Crippen LogP contribution in [0.4, 0.5) is 0 Å². The summed E-state index contributed by atoms with van der Waals surface area (Å²) in [5, 5.41) is 10.4. The molecule has 0 aromatic rings. The van der Waals surface area contributed by atoms with Gasteiger partial charge >= 0.3 is 12.9 Å². The molecule has 0 saturated heterocycles. The second-order valence-electron chi connectivity index (χ2n) is 8.94. The largest absolute Gasteiger partial charge is 0.481 e. The van der Waals surface area contributed by atoms with Crippen molar-refractivity contribution in [1.29, 1.82) is 0 Å². The third-order valence-electron chi connectivity index (χ3n) is 3.92. The van der Waals surface area contributed by atoms with Crippen molar-refractivity contribution in [2.45, 2.75) is 87.6 Å². The van der Waals surface area contributed by atoms with Gasteiger partial charge in [0, 0.05) is 12.5 Å². The quantitative estimate of drug-likeness (QED) is 0.255. The van der Waals surface area contributed by atoms with Crippen molar-refractivity contribution >= 4 is 18.7 Å². The molecule has 0 aliphatic rings. The van der Waals surface area contributed by atoms with E-state index in [1.54, 1.807) is 27.6 Å². The van der Waals surface area contributed by atoms with Gasteiger partial charge in [-0.15, -0.1) is 0 Å². The highest BCUT2D eigenvalue weighted by atomic mass is 16.6. The molecule has 26 heavy (non-hydrogen) atoms. The van der Waals surface area contributed by atoms with E-state index in [1.165, 1.54) is 0 Å². The van der Waals surface area contributed by atoms with Gasteiger partial charge in [-0.1, -0.05) is 34.5 Å². The number of carbonyl (C=O) groups excluding carboxylic acids is 2. The Hall–Kier alpha value is -1.30. The molecule has 0 bridgehead atoms. The maximum absolute atomic E-state index is 12.6. The van der Waals surface area contributed by atoms with Crippen LogP contribution in [-0.4, -0.2) is 29.9 Å². The smallest absolute Gasteiger partial charge is 0.335 e. The summed E-state index contributed by atoms with van der Waals surface area (Å²) in [5.41, 5.74) is -0.748. The molecule has 1 N–H and O–H groups in total. The van der Waals surface area contributed by atoms with Crippen LogP contribution in [0.2, 0.25) is 6.82 Å². The molecule has 0 aliphatic heterocycles. The van der Waals surface area contributed by atoms with Crippen molar-refractivity contribution in [2.24, 2.45) is 17.3 Å². The molecule has 0 aliphatic carbocycles. The number of Topliss-reactive ketones (excluding diaryl/α,β-unsaturated/α-hetero) is 1. The predicted octanol–water partition coefficient (Wildman–Crippen LogP) is 4.96. The lowest BCUT2D eigenvalue weighted by atomic mass is 9.60. The standard InChI is InChI=1S/C20H37BO5/c1-13(2)10-11-15(5)26-21(9)17(16(22)12-14(3)4)18(23)25-19(24)20(6,7)8/h13-15,23H,10-12H2,1-9H3/b18-17-. The highest BCUT2D eigenvalue weighted by Gasteiger charge is 2.32. The third-order valence-corrected chi connectivity index (χ3v) is 3.92. The van der Waals surface area contributed by atoms with Crippen molar-refractivity contribution in [3.05, 3.63) is 11.4 Å². The monoisotopic (exact) mass is 368 g/mol. The Kier molecular flexibility index (Phi) is 10.2. The Labute approximate surface area is 159 Å². The average Bonchev–Trinajstić information content (AvgIpc) is 2.43. The number of hydrogen-bond donors (Lipinski definition) is 1. The summed E-state index contributed by atoms with van der Waals surface area (Å²) in [5.74, 6) is -0.809. The van der Waals surface area contributed by atoms with Crippen LogP contribution < -0.4 is 0 Å². The van der Waals surface area contributed by atoms with E-state index < -0.39 is 24.2 Å². The summed E-state index contributed by atoms with van der Waals surface area (Å²) in [4.78, 5) is 24.7. The van der Waals surface area contributed by atoms with E-state index in [0.29, 0.717) is 5.92 Å². The molecule has 1 atom stereocenters. The Morgan fingerprint density at radius 3 is 1.96 bits per heavy atom. The molecule has 0 spiro atoms. The summed E-state index contributed by atoms with van der Waals surface area (Å²) in [6, 6.07) is 0. The SMILES string of the molecule is CB(OC(C)CCC(C)C)/C(C(=O)CC(C)C)=C(/O)OC(=O)C(C)(C)C. The van der Waals surface area contributed by atoms with E-state index in [4.69, 9.17) is 9.39 Å². The van der Waals surface area contributed by atoms with Crippen LogP contribution in [-0.2, 0) is 19.0 Å². The van der Waals surface area contributed by atoms with Gasteiger partial charge < -0.3 is 14.5 Å². The second kappa shape index (κ2) is 10.8. The fraction of sp³-hybridized carbons (Fsp3) is 0.800. The van der Waals surface area contributed by atoms with Gasteiger partial charge in [-0.05, 0) is 52.4 Å². The first-order chi connectivity index (χ1) is 11.8. The lowest BCUT2D eigenvalue weighted by Gasteiger charge is -2.22. The molecule has 0 heterocycles. The number of allylic oxidation sites excluding steroid dienone is 1. The zero-order valence-electron chi connectivity index (χ0n) is 18.0. The fourth-order valence-corrected chi connectivity index (χ4v) is 2.35. The molecule has 1 unspecified atom stereocenters. The van der Waals surface area contributed by atoms with Crippen LogP contribution in [0, 0.1) is 17.3 Å². The van der Waals surface area contributed by atoms with Crippen molar-refractivity contribution < 1.29 is 24.1 Å². The number of hydrogen-bond acceptors (Lipinski definition) is 5. The van der Waals surface area contributed by atoms with Crippen molar-refractivity contribution in [2.75, 3.05) is 0 Å². The molecule has 0 rings (SSSR count). The number of carbonyl (C=O) groups is 2. The summed E-state index contributed by atoms with van der Waals surface area (Å²) in [6.07, 6.45) is 2.05. The second-order valence-corrected chi connectivity index (χ2v) is 8.94. The first kappa shape index (κ1) is 24.7. The zero-order chi connectivity index (χ0) is 20.7. The molecule has 150 valence electrons. The van der Waals surface area contributed by atoms with Crippen LogP contribution in [0.3, 0.4) is 0 Å². The summed E-state index contributed by atoms with van der Waals surface area (Å²) in [6.45, 7) is 16.2. The predicted molar refractivity (Wildman–Crippen MR) is 106 cm³/mol. The highest BCUT2D eigenvalue weighted by Crippen LogP contribution is 2.22. The Morgan fingerprint density at radius 1 is 1.00 bits per heavy atom.